The van der Waals surface area contributed by atoms with Crippen molar-refractivity contribution in [3.05, 3.63) is 70.8 Å². The van der Waals surface area contributed by atoms with Crippen LogP contribution in [0.3, 0.4) is 0 Å². The van der Waals surface area contributed by atoms with E-state index in [9.17, 15) is 14.4 Å². The first-order valence-electron chi connectivity index (χ1n) is 8.55. The minimum Gasteiger partial charge on any atom is -0.352 e. The largest absolute Gasteiger partial charge is 0.352 e. The van der Waals surface area contributed by atoms with Crippen LogP contribution < -0.4 is 11.1 Å². The first-order valence-corrected chi connectivity index (χ1v) is 8.55. The fourth-order valence-electron chi connectivity index (χ4n) is 2.86. The molecule has 1 heterocycles. The van der Waals surface area contributed by atoms with Crippen molar-refractivity contribution < 1.29 is 14.4 Å². The van der Waals surface area contributed by atoms with Crippen LogP contribution in [0.25, 0.3) is 0 Å². The van der Waals surface area contributed by atoms with Gasteiger partial charge in [0.15, 0.2) is 0 Å². The second-order valence-electron chi connectivity index (χ2n) is 6.46. The van der Waals surface area contributed by atoms with Crippen LogP contribution in [0.15, 0.2) is 48.5 Å². The third kappa shape index (κ3) is 4.53. The van der Waals surface area contributed by atoms with Crippen LogP contribution in [-0.2, 0) is 6.54 Å². The SMILES string of the molecule is CC(N)CCNC(=O)c1ccc2c(c1)C(=O)N(Cc1ccccc1)C2=O.Cl. The number of hydrogen-bond acceptors (Lipinski definition) is 4. The molecule has 7 heteroatoms. The summed E-state index contributed by atoms with van der Waals surface area (Å²) < 4.78 is 0. The number of hydrogen-bond donors (Lipinski definition) is 2. The summed E-state index contributed by atoms with van der Waals surface area (Å²) in [6.07, 6.45) is 0.666. The maximum atomic E-state index is 12.6. The summed E-state index contributed by atoms with van der Waals surface area (Å²) in [5, 5.41) is 2.77. The van der Waals surface area contributed by atoms with Gasteiger partial charge in [0.05, 0.1) is 17.7 Å². The number of imide groups is 1. The molecule has 0 spiro atoms. The lowest BCUT2D eigenvalue weighted by Gasteiger charge is -2.13. The topological polar surface area (TPSA) is 92.5 Å². The lowest BCUT2D eigenvalue weighted by atomic mass is 10.1. The van der Waals surface area contributed by atoms with Crippen molar-refractivity contribution in [2.45, 2.75) is 25.9 Å². The number of fused-ring (bicyclic) bond motifs is 1. The zero-order chi connectivity index (χ0) is 18.7. The summed E-state index contributed by atoms with van der Waals surface area (Å²) in [7, 11) is 0. The van der Waals surface area contributed by atoms with Crippen LogP contribution >= 0.6 is 12.4 Å². The van der Waals surface area contributed by atoms with E-state index >= 15 is 0 Å². The summed E-state index contributed by atoms with van der Waals surface area (Å²) >= 11 is 0. The van der Waals surface area contributed by atoms with Gasteiger partial charge in [-0.2, -0.15) is 0 Å². The molecule has 0 fully saturated rings. The Balaban J connectivity index is 0.00000261. The Bertz CT molecular complexity index is 853. The monoisotopic (exact) mass is 387 g/mol. The van der Waals surface area contributed by atoms with Gasteiger partial charge in [-0.05, 0) is 37.1 Å². The lowest BCUT2D eigenvalue weighted by Crippen LogP contribution is -2.29. The third-order valence-electron chi connectivity index (χ3n) is 4.30. The molecule has 0 bridgehead atoms. The molecule has 6 nitrogen and oxygen atoms in total. The van der Waals surface area contributed by atoms with Crippen LogP contribution in [0, 0.1) is 0 Å². The molecule has 1 aliphatic rings. The summed E-state index contributed by atoms with van der Waals surface area (Å²) in [5.74, 6) is -0.993. The van der Waals surface area contributed by atoms with Crippen LogP contribution in [0.1, 0.15) is 50.0 Å². The summed E-state index contributed by atoms with van der Waals surface area (Å²) in [6, 6.07) is 13.9. The number of benzene rings is 2. The van der Waals surface area contributed by atoms with Gasteiger partial charge >= 0.3 is 0 Å². The highest BCUT2D eigenvalue weighted by Crippen LogP contribution is 2.25. The van der Waals surface area contributed by atoms with Crippen LogP contribution in [-0.4, -0.2) is 35.2 Å². The highest BCUT2D eigenvalue weighted by molar-refractivity contribution is 6.22. The molecule has 2 aromatic rings. The first kappa shape index (κ1) is 20.6. The standard InChI is InChI=1S/C20H21N3O3.ClH/c1-13(21)9-10-22-18(24)15-7-8-16-17(11-15)20(26)23(19(16)25)12-14-5-3-2-4-6-14;/h2-8,11,13H,9-10,12,21H2,1H3,(H,22,24);1H. The molecule has 27 heavy (non-hydrogen) atoms. The Morgan fingerprint density at radius 2 is 1.74 bits per heavy atom. The smallest absolute Gasteiger partial charge is 0.261 e. The molecule has 0 aromatic heterocycles. The van der Waals surface area contributed by atoms with Crippen LogP contribution in [0.2, 0.25) is 0 Å². The fraction of sp³-hybridized carbons (Fsp3) is 0.250. The molecule has 1 atom stereocenters. The molecule has 1 aliphatic heterocycles. The average molecular weight is 388 g/mol. The molecule has 0 aliphatic carbocycles. The van der Waals surface area contributed by atoms with Gasteiger partial charge in [-0.1, -0.05) is 30.3 Å². The molecule has 3 N–H and O–H groups in total. The van der Waals surface area contributed by atoms with Gasteiger partial charge in [0.1, 0.15) is 0 Å². The zero-order valence-electron chi connectivity index (χ0n) is 15.0. The first-order chi connectivity index (χ1) is 12.5. The van der Waals surface area contributed by atoms with Gasteiger partial charge in [0.2, 0.25) is 0 Å². The molecule has 0 saturated heterocycles. The molecule has 3 amide bonds. The van der Waals surface area contributed by atoms with E-state index in [-0.39, 0.29) is 48.3 Å². The van der Waals surface area contributed by atoms with E-state index in [1.165, 1.54) is 11.0 Å². The van der Waals surface area contributed by atoms with Crippen molar-refractivity contribution in [1.82, 2.24) is 10.2 Å². The minimum absolute atomic E-state index is 0. The molecule has 142 valence electrons. The Morgan fingerprint density at radius 3 is 2.41 bits per heavy atom. The van der Waals surface area contributed by atoms with Crippen molar-refractivity contribution in [2.75, 3.05) is 6.54 Å². The van der Waals surface area contributed by atoms with E-state index < -0.39 is 0 Å². The van der Waals surface area contributed by atoms with Gasteiger partial charge in [-0.25, -0.2) is 0 Å². The number of rotatable bonds is 6. The molecular formula is C20H22ClN3O3. The second-order valence-corrected chi connectivity index (χ2v) is 6.46. The Kier molecular flexibility index (Phi) is 6.71. The fourth-order valence-corrected chi connectivity index (χ4v) is 2.86. The van der Waals surface area contributed by atoms with E-state index in [4.69, 9.17) is 5.73 Å². The summed E-state index contributed by atoms with van der Waals surface area (Å²) in [5.41, 5.74) is 7.49. The van der Waals surface area contributed by atoms with Crippen molar-refractivity contribution in [1.29, 1.82) is 0 Å². The van der Waals surface area contributed by atoms with Crippen LogP contribution in [0.5, 0.6) is 0 Å². The van der Waals surface area contributed by atoms with Crippen molar-refractivity contribution in [3.63, 3.8) is 0 Å². The summed E-state index contributed by atoms with van der Waals surface area (Å²) in [6.45, 7) is 2.54. The minimum atomic E-state index is -0.376. The van der Waals surface area contributed by atoms with Gasteiger partial charge in [0.25, 0.3) is 17.7 Å². The lowest BCUT2D eigenvalue weighted by molar-refractivity contribution is 0.0642. The average Bonchev–Trinajstić information content (AvgIpc) is 2.87. The van der Waals surface area contributed by atoms with E-state index in [1.807, 2.05) is 37.3 Å². The van der Waals surface area contributed by atoms with Gasteiger partial charge < -0.3 is 11.1 Å². The highest BCUT2D eigenvalue weighted by atomic mass is 35.5. The Morgan fingerprint density at radius 1 is 1.07 bits per heavy atom. The predicted octanol–water partition coefficient (Wildman–Crippen LogP) is 2.37. The maximum Gasteiger partial charge on any atom is 0.261 e. The number of amides is 3. The van der Waals surface area contributed by atoms with E-state index in [1.54, 1.807) is 12.1 Å². The summed E-state index contributed by atoms with van der Waals surface area (Å²) in [4.78, 5) is 38.6. The number of carbonyl (C=O) groups is 3. The number of nitrogens with two attached hydrogens (primary N) is 1. The van der Waals surface area contributed by atoms with Crippen molar-refractivity contribution in [2.24, 2.45) is 5.73 Å². The number of nitrogens with zero attached hydrogens (tertiary/aromatic N) is 1. The molecule has 0 saturated carbocycles. The van der Waals surface area contributed by atoms with E-state index in [0.717, 1.165) is 5.56 Å². The number of nitrogens with one attached hydrogen (secondary N) is 1. The normalized spacial score (nSPS) is 13.8. The molecule has 0 radical (unpaired) electrons. The molecule has 3 rings (SSSR count). The van der Waals surface area contributed by atoms with Gasteiger partial charge in [0, 0.05) is 18.2 Å². The van der Waals surface area contributed by atoms with Gasteiger partial charge in [-0.3, -0.25) is 19.3 Å². The second kappa shape index (κ2) is 8.79. The molecule has 2 aromatic carbocycles. The number of halogens is 1. The van der Waals surface area contributed by atoms with Gasteiger partial charge in [-0.15, -0.1) is 12.4 Å². The highest BCUT2D eigenvalue weighted by Gasteiger charge is 2.35. The zero-order valence-corrected chi connectivity index (χ0v) is 15.8. The quantitative estimate of drug-likeness (QED) is 0.744. The number of carbonyl (C=O) groups excluding carboxylic acids is 3. The third-order valence-corrected chi connectivity index (χ3v) is 4.30. The van der Waals surface area contributed by atoms with Crippen LogP contribution in [0.4, 0.5) is 0 Å². The Hall–Kier alpha value is -2.70. The Labute approximate surface area is 164 Å². The van der Waals surface area contributed by atoms with E-state index in [2.05, 4.69) is 5.32 Å². The van der Waals surface area contributed by atoms with E-state index in [0.29, 0.717) is 24.1 Å². The maximum absolute atomic E-state index is 12.6. The van der Waals surface area contributed by atoms with Crippen molar-refractivity contribution in [3.8, 4) is 0 Å². The molecule has 1 unspecified atom stereocenters. The van der Waals surface area contributed by atoms with Crippen molar-refractivity contribution >= 4 is 30.1 Å². The predicted molar refractivity (Wildman–Crippen MR) is 105 cm³/mol. The molecular weight excluding hydrogens is 366 g/mol.